The number of anilines is 1. The molecule has 4 aromatic rings. The van der Waals surface area contributed by atoms with Crippen molar-refractivity contribution in [3.8, 4) is 16.9 Å². The van der Waals surface area contributed by atoms with Crippen LogP contribution in [-0.2, 0) is 16.1 Å². The molecule has 3 atom stereocenters. The zero-order valence-corrected chi connectivity index (χ0v) is 29.2. The van der Waals surface area contributed by atoms with Gasteiger partial charge in [-0.1, -0.05) is 11.3 Å². The Hall–Kier alpha value is -4.04. The van der Waals surface area contributed by atoms with Gasteiger partial charge in [0.15, 0.2) is 11.0 Å². The van der Waals surface area contributed by atoms with Gasteiger partial charge in [0.25, 0.3) is 5.91 Å². The maximum absolute atomic E-state index is 13.3. The first-order chi connectivity index (χ1) is 23.7. The summed E-state index contributed by atoms with van der Waals surface area (Å²) in [5.74, 6) is 1.17. The molecule has 3 aliphatic rings. The first kappa shape index (κ1) is 33.5. The lowest BCUT2D eigenvalue weighted by Gasteiger charge is -2.49. The zero-order valence-electron chi connectivity index (χ0n) is 28.4. The fraction of sp³-hybridized carbons (Fsp3) is 0.500. The molecule has 13 heteroatoms. The molecule has 0 unspecified atom stereocenters. The lowest BCUT2D eigenvalue weighted by molar-refractivity contribution is -0.125. The molecule has 49 heavy (non-hydrogen) atoms. The molecule has 3 aromatic heterocycles. The van der Waals surface area contributed by atoms with Crippen LogP contribution >= 0.6 is 11.3 Å². The molecule has 2 amide bonds. The Morgan fingerprint density at radius 3 is 2.49 bits per heavy atom. The van der Waals surface area contributed by atoms with E-state index in [4.69, 9.17) is 9.47 Å². The number of carbonyl (C=O) groups is 2. The van der Waals surface area contributed by atoms with E-state index in [1.54, 1.807) is 19.5 Å². The maximum atomic E-state index is 13.3. The van der Waals surface area contributed by atoms with E-state index in [0.29, 0.717) is 41.4 Å². The van der Waals surface area contributed by atoms with Crippen molar-refractivity contribution >= 4 is 38.5 Å². The van der Waals surface area contributed by atoms with Gasteiger partial charge < -0.3 is 24.8 Å². The quantitative estimate of drug-likeness (QED) is 0.253. The van der Waals surface area contributed by atoms with Gasteiger partial charge >= 0.3 is 0 Å². The third-order valence-electron chi connectivity index (χ3n) is 10.1. The topological polar surface area (TPSA) is 143 Å². The third kappa shape index (κ3) is 7.03. The number of ether oxygens (including phenoxy) is 2. The summed E-state index contributed by atoms with van der Waals surface area (Å²) >= 11 is 1.39. The van der Waals surface area contributed by atoms with E-state index in [1.807, 2.05) is 43.0 Å². The first-order valence-corrected chi connectivity index (χ1v) is 17.9. The fourth-order valence-corrected chi connectivity index (χ4v) is 8.41. The smallest absolute Gasteiger partial charge is 0.254 e. The molecule has 0 bridgehead atoms. The molecular weight excluding hydrogens is 643 g/mol. The van der Waals surface area contributed by atoms with Crippen molar-refractivity contribution in [2.24, 2.45) is 5.92 Å². The van der Waals surface area contributed by atoms with Gasteiger partial charge in [0.05, 0.1) is 29.5 Å². The summed E-state index contributed by atoms with van der Waals surface area (Å²) in [5.41, 5.74) is 4.77. The molecule has 0 radical (unpaired) electrons. The second-order valence-electron chi connectivity index (χ2n) is 13.5. The Morgan fingerprint density at radius 1 is 1.06 bits per heavy atom. The predicted molar refractivity (Wildman–Crippen MR) is 187 cm³/mol. The Bertz CT molecular complexity index is 1820. The Labute approximate surface area is 289 Å². The van der Waals surface area contributed by atoms with E-state index < -0.39 is 6.10 Å². The van der Waals surface area contributed by atoms with E-state index >= 15 is 0 Å². The number of benzene rings is 1. The van der Waals surface area contributed by atoms with Crippen LogP contribution in [0, 0.1) is 19.8 Å². The van der Waals surface area contributed by atoms with Crippen molar-refractivity contribution in [3.05, 3.63) is 59.4 Å². The molecule has 7 rings (SSSR count). The van der Waals surface area contributed by atoms with Gasteiger partial charge in [0.1, 0.15) is 12.4 Å². The summed E-state index contributed by atoms with van der Waals surface area (Å²) < 4.78 is 12.5. The van der Waals surface area contributed by atoms with E-state index in [1.165, 1.54) is 11.3 Å². The average Bonchev–Trinajstić information content (AvgIpc) is 3.67. The van der Waals surface area contributed by atoms with Crippen molar-refractivity contribution < 1.29 is 24.2 Å². The van der Waals surface area contributed by atoms with Crippen LogP contribution in [0.1, 0.15) is 66.6 Å². The summed E-state index contributed by atoms with van der Waals surface area (Å²) in [6, 6.07) is 8.10. The number of aryl methyl sites for hydroxylation is 2. The van der Waals surface area contributed by atoms with Crippen LogP contribution in [0.25, 0.3) is 21.3 Å². The average molecular weight is 686 g/mol. The third-order valence-corrected chi connectivity index (χ3v) is 11.0. The van der Waals surface area contributed by atoms with Gasteiger partial charge in [-0.15, -0.1) is 0 Å². The number of nitrogens with zero attached hydrogens (tertiary/aromatic N) is 6. The minimum Gasteiger partial charge on any atom is -0.495 e. The van der Waals surface area contributed by atoms with Gasteiger partial charge in [0.2, 0.25) is 5.91 Å². The number of hydrogen-bond acceptors (Lipinski definition) is 11. The minimum absolute atomic E-state index is 0.0179. The first-order valence-electron chi connectivity index (χ1n) is 17.1. The van der Waals surface area contributed by atoms with Crippen LogP contribution in [0.2, 0.25) is 0 Å². The highest BCUT2D eigenvalue weighted by molar-refractivity contribution is 7.22. The number of fused-ring (bicyclic) bond motifs is 1. The predicted octanol–water partition coefficient (Wildman–Crippen LogP) is 4.77. The summed E-state index contributed by atoms with van der Waals surface area (Å²) in [7, 11) is 1.62. The fourth-order valence-electron chi connectivity index (χ4n) is 7.42. The van der Waals surface area contributed by atoms with Crippen molar-refractivity contribution in [2.75, 3.05) is 32.1 Å². The number of aromatic nitrogens is 4. The highest BCUT2D eigenvalue weighted by atomic mass is 32.1. The highest BCUT2D eigenvalue weighted by Crippen LogP contribution is 2.41. The largest absolute Gasteiger partial charge is 0.495 e. The zero-order chi connectivity index (χ0) is 34.2. The molecule has 12 nitrogen and oxygen atoms in total. The second kappa shape index (κ2) is 14.1. The molecule has 1 aromatic carbocycles. The molecule has 2 N–H and O–H groups in total. The van der Waals surface area contributed by atoms with E-state index in [0.717, 1.165) is 71.4 Å². The number of thiazole rings is 1. The van der Waals surface area contributed by atoms with E-state index in [2.05, 4.69) is 37.1 Å². The van der Waals surface area contributed by atoms with Crippen LogP contribution in [0.5, 0.6) is 5.75 Å². The van der Waals surface area contributed by atoms with Crippen molar-refractivity contribution in [2.45, 2.75) is 83.8 Å². The molecule has 2 saturated carbocycles. The van der Waals surface area contributed by atoms with E-state index in [9.17, 15) is 14.7 Å². The SMILES string of the molecule is COc1c(-c2cnc(CO[C@H]3CCC[C@@H]3O)nc2)ccc2nc(NC(=O)C3CC(N4CCN(C(=O)c5cc(C)nc(C)c5)C[C@@H]4C)C3)sc12. The van der Waals surface area contributed by atoms with Crippen LogP contribution in [0.4, 0.5) is 5.13 Å². The minimum atomic E-state index is -0.419. The molecule has 3 fully saturated rings. The number of hydrogen-bond donors (Lipinski definition) is 2. The number of piperazine rings is 1. The number of aliphatic hydroxyl groups is 1. The summed E-state index contributed by atoms with van der Waals surface area (Å²) in [6.45, 7) is 8.37. The van der Waals surface area contributed by atoms with Gasteiger partial charge in [0, 0.05) is 78.1 Å². The normalized spacial score (nSPS) is 24.2. The monoisotopic (exact) mass is 685 g/mol. The van der Waals surface area contributed by atoms with Crippen molar-refractivity contribution in [3.63, 3.8) is 0 Å². The van der Waals surface area contributed by atoms with Crippen LogP contribution < -0.4 is 10.1 Å². The number of amides is 2. The number of methoxy groups -OCH3 is 1. The van der Waals surface area contributed by atoms with Gasteiger partial charge in [-0.25, -0.2) is 15.0 Å². The molecule has 4 heterocycles. The van der Waals surface area contributed by atoms with Gasteiger partial charge in [-0.3, -0.25) is 19.5 Å². The molecule has 2 aliphatic carbocycles. The number of rotatable bonds is 9. The lowest BCUT2D eigenvalue weighted by Crippen LogP contribution is -2.60. The van der Waals surface area contributed by atoms with Crippen molar-refractivity contribution in [1.29, 1.82) is 0 Å². The maximum Gasteiger partial charge on any atom is 0.254 e. The van der Waals surface area contributed by atoms with Crippen LogP contribution in [0.3, 0.4) is 0 Å². The summed E-state index contributed by atoms with van der Waals surface area (Å²) in [6.07, 6.45) is 7.08. The van der Waals surface area contributed by atoms with Crippen molar-refractivity contribution in [1.82, 2.24) is 29.7 Å². The standard InChI is InChI=1S/C36H43N7O5S/c1-20-12-24(13-21(2)39-20)35(46)42-10-11-43(22(3)18-42)26-14-23(15-26)34(45)41-36-40-28-9-8-27(32(47-4)33(28)49-36)25-16-37-31(38-17-25)19-48-30-7-5-6-29(30)44/h8-9,12-13,16-17,22-23,26,29-30,44H,5-7,10-11,14-15,18-19H2,1-4H3,(H,40,41,45)/t22-,23?,26?,29-,30-/m0/s1. The second-order valence-corrected chi connectivity index (χ2v) is 14.5. The van der Waals surface area contributed by atoms with Gasteiger partial charge in [-0.2, -0.15) is 0 Å². The molecule has 0 spiro atoms. The van der Waals surface area contributed by atoms with E-state index in [-0.39, 0.29) is 36.5 Å². The molecule has 1 aliphatic heterocycles. The highest BCUT2D eigenvalue weighted by Gasteiger charge is 2.41. The Balaban J connectivity index is 0.939. The number of carbonyl (C=O) groups excluding carboxylic acids is 2. The van der Waals surface area contributed by atoms with Crippen LogP contribution in [-0.4, -0.2) is 97.7 Å². The summed E-state index contributed by atoms with van der Waals surface area (Å²) in [5, 5.41) is 13.6. The lowest BCUT2D eigenvalue weighted by atomic mass is 9.78. The molecule has 1 saturated heterocycles. The number of aliphatic hydroxyl groups excluding tert-OH is 1. The Morgan fingerprint density at radius 2 is 1.82 bits per heavy atom. The molecule has 258 valence electrons. The van der Waals surface area contributed by atoms with Gasteiger partial charge in [-0.05, 0) is 77.1 Å². The summed E-state index contributed by atoms with van der Waals surface area (Å²) in [4.78, 5) is 48.9. The molecular formula is C36H43N7O5S. The number of pyridine rings is 1. The number of nitrogens with one attached hydrogen (secondary N) is 1. The van der Waals surface area contributed by atoms with Crippen LogP contribution in [0.15, 0.2) is 36.7 Å². The Kier molecular flexibility index (Phi) is 9.60.